The molecule has 0 aromatic carbocycles. The highest BCUT2D eigenvalue weighted by molar-refractivity contribution is 5.95. The zero-order valence-electron chi connectivity index (χ0n) is 11.8. The van der Waals surface area contributed by atoms with Gasteiger partial charge in [0, 0.05) is 25.6 Å². The molecule has 2 heterocycles. The number of carbonyl (C=O) groups excluding carboxylic acids is 1. The van der Waals surface area contributed by atoms with Crippen LogP contribution >= 0.6 is 0 Å². The summed E-state index contributed by atoms with van der Waals surface area (Å²) in [5.74, 6) is -0.0942. The maximum absolute atomic E-state index is 12.8. The van der Waals surface area contributed by atoms with Crippen molar-refractivity contribution in [3.63, 3.8) is 0 Å². The Balaban J connectivity index is 1.87. The monoisotopic (exact) mass is 280 g/mol. The summed E-state index contributed by atoms with van der Waals surface area (Å²) < 4.78 is 12.8. The smallest absolute Gasteiger partial charge is 0.185 e. The molecule has 0 amide bonds. The third-order valence-corrected chi connectivity index (χ3v) is 3.87. The number of rotatable bonds is 6. The first-order chi connectivity index (χ1) is 9.60. The predicted molar refractivity (Wildman–Crippen MR) is 73.9 cm³/mol. The molecule has 1 saturated heterocycles. The minimum Gasteiger partial charge on any atom is -0.396 e. The lowest BCUT2D eigenvalue weighted by atomic mass is 10.0. The van der Waals surface area contributed by atoms with Gasteiger partial charge in [-0.25, -0.2) is 4.39 Å². The first-order valence-corrected chi connectivity index (χ1v) is 7.09. The quantitative estimate of drug-likeness (QED) is 0.807. The molecule has 1 aromatic rings. The largest absolute Gasteiger partial charge is 0.396 e. The van der Waals surface area contributed by atoms with E-state index in [4.69, 9.17) is 5.11 Å². The molecule has 0 aliphatic carbocycles. The number of likely N-dealkylation sites (tertiary alicyclic amines) is 1. The normalized spacial score (nSPS) is 21.1. The molecule has 1 aliphatic rings. The second kappa shape index (κ2) is 6.90. The average molecular weight is 280 g/mol. The highest BCUT2D eigenvalue weighted by Gasteiger charge is 2.26. The molecule has 0 radical (unpaired) electrons. The van der Waals surface area contributed by atoms with E-state index in [9.17, 15) is 9.18 Å². The van der Waals surface area contributed by atoms with Crippen molar-refractivity contribution in [1.82, 2.24) is 9.88 Å². The van der Waals surface area contributed by atoms with Crippen LogP contribution in [0.4, 0.5) is 4.39 Å². The lowest BCUT2D eigenvalue weighted by Crippen LogP contribution is -2.30. The summed E-state index contributed by atoms with van der Waals surface area (Å²) in [6.07, 6.45) is 2.99. The molecule has 1 fully saturated rings. The molecule has 0 saturated carbocycles. The molecule has 0 spiro atoms. The van der Waals surface area contributed by atoms with Gasteiger partial charge in [-0.05, 0) is 37.4 Å². The fourth-order valence-electron chi connectivity index (χ4n) is 2.74. The lowest BCUT2D eigenvalue weighted by Gasteiger charge is -2.19. The molecule has 2 unspecified atom stereocenters. The number of halogens is 1. The molecular weight excluding hydrogens is 259 g/mol. The van der Waals surface area contributed by atoms with Gasteiger partial charge in [-0.1, -0.05) is 6.92 Å². The molecule has 4 nitrogen and oxygen atoms in total. The fraction of sp³-hybridized carbons (Fsp3) is 0.600. The van der Waals surface area contributed by atoms with Crippen molar-refractivity contribution in [3.05, 3.63) is 29.8 Å². The van der Waals surface area contributed by atoms with Crippen LogP contribution in [0.15, 0.2) is 18.3 Å². The van der Waals surface area contributed by atoms with Crippen molar-refractivity contribution in [2.24, 2.45) is 11.8 Å². The Labute approximate surface area is 118 Å². The van der Waals surface area contributed by atoms with E-state index >= 15 is 0 Å². The van der Waals surface area contributed by atoms with Crippen LogP contribution in [0.25, 0.3) is 0 Å². The number of carbonyl (C=O) groups is 1. The number of nitrogens with zero attached hydrogens (tertiary/aromatic N) is 2. The van der Waals surface area contributed by atoms with Crippen molar-refractivity contribution in [2.75, 3.05) is 26.2 Å². The maximum atomic E-state index is 12.8. The third-order valence-electron chi connectivity index (χ3n) is 3.87. The van der Waals surface area contributed by atoms with Gasteiger partial charge in [0.15, 0.2) is 5.78 Å². The molecule has 1 aromatic heterocycles. The van der Waals surface area contributed by atoms with Crippen molar-refractivity contribution in [2.45, 2.75) is 19.8 Å². The van der Waals surface area contributed by atoms with E-state index in [2.05, 4.69) is 9.88 Å². The minimum atomic E-state index is -0.430. The molecule has 5 heteroatoms. The second-order valence-electron chi connectivity index (χ2n) is 5.55. The first kappa shape index (κ1) is 15.1. The first-order valence-electron chi connectivity index (χ1n) is 7.09. The molecule has 0 bridgehead atoms. The summed E-state index contributed by atoms with van der Waals surface area (Å²) in [5.41, 5.74) is 0.324. The SMILES string of the molecule is CC(CN1CCC(CCO)C1)C(=O)c1ccc(F)cn1. The zero-order valence-corrected chi connectivity index (χ0v) is 11.8. The van der Waals surface area contributed by atoms with Gasteiger partial charge in [0.05, 0.1) is 6.20 Å². The Hall–Kier alpha value is -1.33. The summed E-state index contributed by atoms with van der Waals surface area (Å²) in [4.78, 5) is 18.3. The highest BCUT2D eigenvalue weighted by Crippen LogP contribution is 2.21. The number of pyridine rings is 1. The summed E-state index contributed by atoms with van der Waals surface area (Å²) in [5, 5.41) is 8.94. The molecule has 1 aliphatic heterocycles. The Kier molecular flexibility index (Phi) is 5.20. The number of hydrogen-bond donors (Lipinski definition) is 1. The number of aliphatic hydroxyl groups is 1. The van der Waals surface area contributed by atoms with Crippen LogP contribution in [0.5, 0.6) is 0 Å². The van der Waals surface area contributed by atoms with Crippen LogP contribution < -0.4 is 0 Å². The maximum Gasteiger partial charge on any atom is 0.185 e. The topological polar surface area (TPSA) is 53.4 Å². The van der Waals surface area contributed by atoms with Gasteiger partial charge in [-0.2, -0.15) is 0 Å². The highest BCUT2D eigenvalue weighted by atomic mass is 19.1. The van der Waals surface area contributed by atoms with Crippen LogP contribution in [-0.2, 0) is 0 Å². The molecule has 20 heavy (non-hydrogen) atoms. The number of Topliss-reactive ketones (excluding diaryl/α,β-unsaturated/α-hetero) is 1. The van der Waals surface area contributed by atoms with Gasteiger partial charge in [0.2, 0.25) is 0 Å². The Morgan fingerprint density at radius 2 is 2.40 bits per heavy atom. The van der Waals surface area contributed by atoms with E-state index in [1.807, 2.05) is 6.92 Å². The number of hydrogen-bond acceptors (Lipinski definition) is 4. The van der Waals surface area contributed by atoms with E-state index in [1.54, 1.807) is 0 Å². The summed E-state index contributed by atoms with van der Waals surface area (Å²) in [7, 11) is 0. The Morgan fingerprint density at radius 3 is 3.05 bits per heavy atom. The summed E-state index contributed by atoms with van der Waals surface area (Å²) in [6.45, 7) is 4.72. The van der Waals surface area contributed by atoms with Crippen molar-refractivity contribution in [1.29, 1.82) is 0 Å². The molecule has 110 valence electrons. The van der Waals surface area contributed by atoms with Crippen molar-refractivity contribution in [3.8, 4) is 0 Å². The van der Waals surface area contributed by atoms with Crippen LogP contribution in [-0.4, -0.2) is 47.0 Å². The minimum absolute atomic E-state index is 0.0457. The van der Waals surface area contributed by atoms with E-state index in [1.165, 1.54) is 12.1 Å². The summed E-state index contributed by atoms with van der Waals surface area (Å²) in [6, 6.07) is 2.70. The summed E-state index contributed by atoms with van der Waals surface area (Å²) >= 11 is 0. The fourth-order valence-corrected chi connectivity index (χ4v) is 2.74. The third kappa shape index (κ3) is 3.84. The van der Waals surface area contributed by atoms with Gasteiger partial charge >= 0.3 is 0 Å². The van der Waals surface area contributed by atoms with Gasteiger partial charge in [-0.15, -0.1) is 0 Å². The van der Waals surface area contributed by atoms with Gasteiger partial charge in [0.1, 0.15) is 11.5 Å². The van der Waals surface area contributed by atoms with E-state index < -0.39 is 5.82 Å². The van der Waals surface area contributed by atoms with Crippen LogP contribution in [0.2, 0.25) is 0 Å². The second-order valence-corrected chi connectivity index (χ2v) is 5.55. The Bertz CT molecular complexity index is 450. The van der Waals surface area contributed by atoms with E-state index in [0.717, 1.165) is 32.1 Å². The van der Waals surface area contributed by atoms with Crippen LogP contribution in [0, 0.1) is 17.7 Å². The van der Waals surface area contributed by atoms with Crippen LogP contribution in [0.1, 0.15) is 30.3 Å². The van der Waals surface area contributed by atoms with E-state index in [0.29, 0.717) is 18.2 Å². The zero-order chi connectivity index (χ0) is 14.5. The molecule has 1 N–H and O–H groups in total. The van der Waals surface area contributed by atoms with Gasteiger partial charge in [0.25, 0.3) is 0 Å². The molecule has 2 atom stereocenters. The Morgan fingerprint density at radius 1 is 1.60 bits per heavy atom. The van der Waals surface area contributed by atoms with E-state index in [-0.39, 0.29) is 18.3 Å². The number of ketones is 1. The predicted octanol–water partition coefficient (Wildman–Crippen LogP) is 1.74. The lowest BCUT2D eigenvalue weighted by molar-refractivity contribution is 0.0895. The molecule has 2 rings (SSSR count). The average Bonchev–Trinajstić information content (AvgIpc) is 2.86. The van der Waals surface area contributed by atoms with Crippen molar-refractivity contribution >= 4 is 5.78 Å². The van der Waals surface area contributed by atoms with Crippen LogP contribution in [0.3, 0.4) is 0 Å². The van der Waals surface area contributed by atoms with Crippen molar-refractivity contribution < 1.29 is 14.3 Å². The molecular formula is C15H21FN2O2. The standard InChI is InChI=1S/C15H21FN2O2/c1-11(9-18-6-4-12(10-18)5-7-19)15(20)14-3-2-13(16)8-17-14/h2-3,8,11-12,19H,4-7,9-10H2,1H3. The number of aromatic nitrogens is 1. The number of aliphatic hydroxyl groups excluding tert-OH is 1. The van der Waals surface area contributed by atoms with Gasteiger partial charge < -0.3 is 10.0 Å². The van der Waals surface area contributed by atoms with Gasteiger partial charge in [-0.3, -0.25) is 9.78 Å².